The second kappa shape index (κ2) is 5.59. The van der Waals surface area contributed by atoms with Gasteiger partial charge in [-0.2, -0.15) is 5.10 Å². The van der Waals surface area contributed by atoms with Crippen molar-refractivity contribution in [3.63, 3.8) is 0 Å². The van der Waals surface area contributed by atoms with Crippen LogP contribution in [0.4, 0.5) is 0 Å². The molecule has 0 bridgehead atoms. The minimum atomic E-state index is 0.210. The number of carbonyl (C=O) groups excluding carboxylic acids is 1. The highest BCUT2D eigenvalue weighted by atomic mass is 79.9. The Hall–Kier alpha value is -0.680. The lowest BCUT2D eigenvalue weighted by molar-refractivity contribution is -0.119. The van der Waals surface area contributed by atoms with Crippen molar-refractivity contribution >= 4 is 21.7 Å². The number of hydrogen-bond acceptors (Lipinski definition) is 3. The molecule has 0 saturated heterocycles. The second-order valence-electron chi connectivity index (χ2n) is 4.23. The van der Waals surface area contributed by atoms with Crippen LogP contribution < -0.4 is 5.73 Å². The molecule has 4 nitrogen and oxygen atoms in total. The summed E-state index contributed by atoms with van der Waals surface area (Å²) in [4.78, 5) is 11.8. The van der Waals surface area contributed by atoms with Crippen molar-refractivity contribution < 1.29 is 4.79 Å². The Balaban J connectivity index is 2.70. The largest absolute Gasteiger partial charge is 0.330 e. The van der Waals surface area contributed by atoms with Crippen molar-refractivity contribution in [3.05, 3.63) is 15.9 Å². The number of nitrogens with two attached hydrogens (primary N) is 1. The SMILES string of the molecule is Cc1nn(C)c(CC(=O)CC(C)CN)c1Br. The molecular formula is C11H18BrN3O. The van der Waals surface area contributed by atoms with Gasteiger partial charge in [0, 0.05) is 19.9 Å². The zero-order valence-corrected chi connectivity index (χ0v) is 11.5. The minimum absolute atomic E-state index is 0.210. The quantitative estimate of drug-likeness (QED) is 0.895. The van der Waals surface area contributed by atoms with Crippen LogP contribution in [0, 0.1) is 12.8 Å². The smallest absolute Gasteiger partial charge is 0.139 e. The van der Waals surface area contributed by atoms with Crippen LogP contribution in [0.1, 0.15) is 24.7 Å². The predicted octanol–water partition coefficient (Wildman–Crippen LogP) is 1.59. The van der Waals surface area contributed by atoms with Crippen LogP contribution in [0.25, 0.3) is 0 Å². The van der Waals surface area contributed by atoms with E-state index in [-0.39, 0.29) is 11.7 Å². The molecule has 5 heteroatoms. The molecule has 1 heterocycles. The van der Waals surface area contributed by atoms with Crippen molar-refractivity contribution in [2.45, 2.75) is 26.7 Å². The molecule has 0 aromatic carbocycles. The summed E-state index contributed by atoms with van der Waals surface area (Å²) in [6.45, 7) is 4.46. The van der Waals surface area contributed by atoms with Crippen LogP contribution in [0.15, 0.2) is 4.47 Å². The van der Waals surface area contributed by atoms with Gasteiger partial charge in [-0.1, -0.05) is 6.92 Å². The van der Waals surface area contributed by atoms with E-state index in [0.717, 1.165) is 15.9 Å². The lowest BCUT2D eigenvalue weighted by Crippen LogP contribution is -2.17. The van der Waals surface area contributed by atoms with Gasteiger partial charge in [-0.25, -0.2) is 0 Å². The molecule has 0 fully saturated rings. The van der Waals surface area contributed by atoms with Crippen LogP contribution in [0.3, 0.4) is 0 Å². The maximum atomic E-state index is 11.8. The Morgan fingerprint density at radius 1 is 1.62 bits per heavy atom. The zero-order valence-electron chi connectivity index (χ0n) is 9.96. The van der Waals surface area contributed by atoms with Crippen LogP contribution in [0.2, 0.25) is 0 Å². The van der Waals surface area contributed by atoms with Crippen molar-refractivity contribution in [1.29, 1.82) is 0 Å². The number of hydrogen-bond donors (Lipinski definition) is 1. The standard InChI is InChI=1S/C11H18BrN3O/c1-7(6-13)4-9(16)5-10-11(12)8(2)14-15(10)3/h7H,4-6,13H2,1-3H3. The van der Waals surface area contributed by atoms with Gasteiger partial charge >= 0.3 is 0 Å². The Labute approximate surface area is 104 Å². The number of Topliss-reactive ketones (excluding diaryl/α,β-unsaturated/α-hetero) is 1. The molecular weight excluding hydrogens is 270 g/mol. The first-order valence-corrected chi connectivity index (χ1v) is 6.14. The minimum Gasteiger partial charge on any atom is -0.330 e. The fourth-order valence-corrected chi connectivity index (χ4v) is 2.08. The molecule has 2 N–H and O–H groups in total. The van der Waals surface area contributed by atoms with Crippen molar-refractivity contribution in [2.75, 3.05) is 6.54 Å². The highest BCUT2D eigenvalue weighted by Gasteiger charge is 2.15. The van der Waals surface area contributed by atoms with Gasteiger partial charge in [-0.15, -0.1) is 0 Å². The summed E-state index contributed by atoms with van der Waals surface area (Å²) in [6, 6.07) is 0. The highest BCUT2D eigenvalue weighted by Crippen LogP contribution is 2.21. The van der Waals surface area contributed by atoms with Gasteiger partial charge in [0.2, 0.25) is 0 Å². The molecule has 0 aliphatic carbocycles. The van der Waals surface area contributed by atoms with Gasteiger partial charge in [-0.05, 0) is 35.3 Å². The second-order valence-corrected chi connectivity index (χ2v) is 5.02. The third kappa shape index (κ3) is 3.15. The van der Waals surface area contributed by atoms with Gasteiger partial charge in [0.25, 0.3) is 0 Å². The topological polar surface area (TPSA) is 60.9 Å². The van der Waals surface area contributed by atoms with Gasteiger partial charge in [0.1, 0.15) is 5.78 Å². The van der Waals surface area contributed by atoms with E-state index in [0.29, 0.717) is 19.4 Å². The number of nitrogens with zero attached hydrogens (tertiary/aromatic N) is 2. The third-order valence-electron chi connectivity index (χ3n) is 2.60. The fraction of sp³-hybridized carbons (Fsp3) is 0.636. The average Bonchev–Trinajstić information content (AvgIpc) is 2.45. The van der Waals surface area contributed by atoms with Crippen LogP contribution in [-0.2, 0) is 18.3 Å². The summed E-state index contributed by atoms with van der Waals surface area (Å²) in [6.07, 6.45) is 0.954. The highest BCUT2D eigenvalue weighted by molar-refractivity contribution is 9.10. The number of halogens is 1. The lowest BCUT2D eigenvalue weighted by atomic mass is 10.0. The first-order chi connectivity index (χ1) is 7.45. The Kier molecular flexibility index (Phi) is 4.68. The number of rotatable bonds is 5. The molecule has 16 heavy (non-hydrogen) atoms. The molecule has 1 unspecified atom stereocenters. The summed E-state index contributed by atoms with van der Waals surface area (Å²) in [5, 5.41) is 4.26. The molecule has 90 valence electrons. The van der Waals surface area contributed by atoms with E-state index in [1.807, 2.05) is 20.9 Å². The average molecular weight is 288 g/mol. The summed E-state index contributed by atoms with van der Waals surface area (Å²) < 4.78 is 2.69. The number of aryl methyl sites for hydroxylation is 2. The number of ketones is 1. The van der Waals surface area contributed by atoms with E-state index < -0.39 is 0 Å². The van der Waals surface area contributed by atoms with Gasteiger partial charge in [0.15, 0.2) is 0 Å². The molecule has 1 atom stereocenters. The zero-order chi connectivity index (χ0) is 12.3. The van der Waals surface area contributed by atoms with Gasteiger partial charge in [-0.3, -0.25) is 9.48 Å². The van der Waals surface area contributed by atoms with Crippen molar-refractivity contribution in [2.24, 2.45) is 18.7 Å². The number of carbonyl (C=O) groups is 1. The first kappa shape index (κ1) is 13.4. The molecule has 0 radical (unpaired) electrons. The molecule has 0 aliphatic heterocycles. The van der Waals surface area contributed by atoms with Crippen LogP contribution >= 0.6 is 15.9 Å². The fourth-order valence-electron chi connectivity index (χ4n) is 1.60. The molecule has 0 saturated carbocycles. The molecule has 0 spiro atoms. The number of aromatic nitrogens is 2. The van der Waals surface area contributed by atoms with E-state index >= 15 is 0 Å². The predicted molar refractivity (Wildman–Crippen MR) is 67.2 cm³/mol. The summed E-state index contributed by atoms with van der Waals surface area (Å²) in [5.41, 5.74) is 7.35. The maximum absolute atomic E-state index is 11.8. The van der Waals surface area contributed by atoms with Crippen molar-refractivity contribution in [1.82, 2.24) is 9.78 Å². The van der Waals surface area contributed by atoms with Crippen LogP contribution in [0.5, 0.6) is 0 Å². The lowest BCUT2D eigenvalue weighted by Gasteiger charge is -2.07. The monoisotopic (exact) mass is 287 g/mol. The molecule has 0 amide bonds. The molecule has 0 aliphatic rings. The van der Waals surface area contributed by atoms with E-state index in [1.54, 1.807) is 4.68 Å². The first-order valence-electron chi connectivity index (χ1n) is 5.35. The van der Waals surface area contributed by atoms with Gasteiger partial charge in [0.05, 0.1) is 15.9 Å². The Bertz CT molecular complexity index is 387. The van der Waals surface area contributed by atoms with E-state index in [9.17, 15) is 4.79 Å². The third-order valence-corrected chi connectivity index (χ3v) is 3.64. The summed E-state index contributed by atoms with van der Waals surface area (Å²) >= 11 is 3.45. The van der Waals surface area contributed by atoms with Crippen LogP contribution in [-0.4, -0.2) is 22.1 Å². The van der Waals surface area contributed by atoms with E-state index in [4.69, 9.17) is 5.73 Å². The van der Waals surface area contributed by atoms with E-state index in [2.05, 4.69) is 21.0 Å². The van der Waals surface area contributed by atoms with Gasteiger partial charge < -0.3 is 5.73 Å². The normalized spacial score (nSPS) is 12.8. The maximum Gasteiger partial charge on any atom is 0.139 e. The molecule has 1 aromatic rings. The summed E-state index contributed by atoms with van der Waals surface area (Å²) in [5.74, 6) is 0.460. The Morgan fingerprint density at radius 3 is 2.69 bits per heavy atom. The molecule has 1 aromatic heterocycles. The van der Waals surface area contributed by atoms with E-state index in [1.165, 1.54) is 0 Å². The summed E-state index contributed by atoms with van der Waals surface area (Å²) in [7, 11) is 1.85. The molecule has 1 rings (SSSR count). The Morgan fingerprint density at radius 2 is 2.25 bits per heavy atom. The van der Waals surface area contributed by atoms with Crippen molar-refractivity contribution in [3.8, 4) is 0 Å².